The average Bonchev–Trinajstić information content (AvgIpc) is 3.27. The molecule has 6 N–H and O–H groups in total. The summed E-state index contributed by atoms with van der Waals surface area (Å²) in [5.41, 5.74) is 0.667. The first-order valence-corrected chi connectivity index (χ1v) is 13.8. The zero-order chi connectivity index (χ0) is 32.9. The molecule has 0 atom stereocenters. The highest BCUT2D eigenvalue weighted by atomic mass is 32.1. The van der Waals surface area contributed by atoms with Crippen LogP contribution in [0.15, 0.2) is 0 Å². The summed E-state index contributed by atoms with van der Waals surface area (Å²) < 4.78 is 15.5. The van der Waals surface area contributed by atoms with Crippen LogP contribution < -0.4 is 10.6 Å². The highest BCUT2D eigenvalue weighted by Crippen LogP contribution is 2.34. The smallest absolute Gasteiger partial charge is 0.414 e. The lowest BCUT2D eigenvalue weighted by Crippen LogP contribution is -2.37. The SMILES string of the molecule is CCOC(=O)c1sc(NC(=O)CCNCCCN2CCOCC2)c(C(=O)OCC)c1C.O=C(O)C(=O)O.O=C(O)C(=O)O. The van der Waals surface area contributed by atoms with Gasteiger partial charge in [0.25, 0.3) is 0 Å². The lowest BCUT2D eigenvalue weighted by atomic mass is 10.1. The largest absolute Gasteiger partial charge is 0.473 e. The van der Waals surface area contributed by atoms with Gasteiger partial charge < -0.3 is 45.3 Å². The van der Waals surface area contributed by atoms with E-state index in [1.165, 1.54) is 0 Å². The first-order chi connectivity index (χ1) is 20.3. The van der Waals surface area contributed by atoms with E-state index in [1.54, 1.807) is 20.8 Å². The number of nitrogens with zero attached hydrogens (tertiary/aromatic N) is 1. The van der Waals surface area contributed by atoms with E-state index in [0.717, 1.165) is 57.2 Å². The number of rotatable bonds is 12. The van der Waals surface area contributed by atoms with E-state index in [0.29, 0.717) is 22.0 Å². The van der Waals surface area contributed by atoms with Crippen LogP contribution in [0.3, 0.4) is 0 Å². The van der Waals surface area contributed by atoms with Gasteiger partial charge in [-0.05, 0) is 45.8 Å². The maximum atomic E-state index is 12.4. The average molecular weight is 636 g/mol. The predicted octanol–water partition coefficient (Wildman–Crippen LogP) is 0.362. The van der Waals surface area contributed by atoms with Crippen molar-refractivity contribution in [3.63, 3.8) is 0 Å². The Morgan fingerprint density at radius 1 is 0.837 bits per heavy atom. The second kappa shape index (κ2) is 21.6. The zero-order valence-corrected chi connectivity index (χ0v) is 24.8. The minimum atomic E-state index is -1.82. The Bertz CT molecular complexity index is 1070. The Labute approximate surface area is 250 Å². The van der Waals surface area contributed by atoms with Gasteiger partial charge in [0, 0.05) is 26.1 Å². The number of carboxylic acids is 4. The van der Waals surface area contributed by atoms with Gasteiger partial charge in [-0.25, -0.2) is 28.8 Å². The summed E-state index contributed by atoms with van der Waals surface area (Å²) in [7, 11) is 0. The van der Waals surface area contributed by atoms with Gasteiger partial charge in [0.05, 0.1) is 32.0 Å². The number of nitrogens with one attached hydrogen (secondary N) is 2. The molecule has 242 valence electrons. The van der Waals surface area contributed by atoms with Gasteiger partial charge in [0.2, 0.25) is 5.91 Å². The maximum absolute atomic E-state index is 12.4. The summed E-state index contributed by atoms with van der Waals surface area (Å²) in [6.07, 6.45) is 1.26. The molecule has 0 saturated carbocycles. The molecule has 0 radical (unpaired) electrons. The molecule has 2 rings (SSSR count). The molecule has 0 aromatic carbocycles. The van der Waals surface area contributed by atoms with Crippen molar-refractivity contribution in [3.8, 4) is 0 Å². The fourth-order valence-corrected chi connectivity index (χ4v) is 4.32. The molecule has 2 heterocycles. The van der Waals surface area contributed by atoms with Crippen LogP contribution in [0.5, 0.6) is 0 Å². The molecule has 43 heavy (non-hydrogen) atoms. The Morgan fingerprint density at radius 2 is 1.35 bits per heavy atom. The van der Waals surface area contributed by atoms with E-state index in [2.05, 4.69) is 15.5 Å². The van der Waals surface area contributed by atoms with Crippen molar-refractivity contribution in [3.05, 3.63) is 16.0 Å². The van der Waals surface area contributed by atoms with E-state index < -0.39 is 35.8 Å². The van der Waals surface area contributed by atoms with Crippen LogP contribution in [0.2, 0.25) is 0 Å². The number of morpholine rings is 1. The molecule has 1 saturated heterocycles. The number of thiophene rings is 1. The fourth-order valence-electron chi connectivity index (χ4n) is 3.21. The molecule has 0 aliphatic carbocycles. The van der Waals surface area contributed by atoms with Crippen LogP contribution >= 0.6 is 11.3 Å². The van der Waals surface area contributed by atoms with Crippen molar-refractivity contribution in [1.29, 1.82) is 0 Å². The van der Waals surface area contributed by atoms with Crippen LogP contribution in [-0.2, 0) is 38.2 Å². The molecule has 0 bridgehead atoms. The van der Waals surface area contributed by atoms with E-state index in [-0.39, 0.29) is 31.1 Å². The number of ether oxygens (including phenoxy) is 3. The van der Waals surface area contributed by atoms with Crippen molar-refractivity contribution in [2.45, 2.75) is 33.6 Å². The van der Waals surface area contributed by atoms with Crippen molar-refractivity contribution in [1.82, 2.24) is 10.2 Å². The van der Waals surface area contributed by atoms with Crippen molar-refractivity contribution >= 4 is 58.1 Å². The Hall–Kier alpha value is -4.13. The van der Waals surface area contributed by atoms with Gasteiger partial charge in [-0.3, -0.25) is 9.69 Å². The Balaban J connectivity index is 0.00000123. The number of anilines is 1. The second-order valence-corrected chi connectivity index (χ2v) is 9.30. The normalized spacial score (nSPS) is 12.3. The van der Waals surface area contributed by atoms with Crippen LogP contribution in [0.1, 0.15) is 52.3 Å². The summed E-state index contributed by atoms with van der Waals surface area (Å²) in [5, 5.41) is 35.9. The van der Waals surface area contributed by atoms with Gasteiger partial charge in [0.1, 0.15) is 9.88 Å². The number of carbonyl (C=O) groups excluding carboxylic acids is 3. The monoisotopic (exact) mass is 635 g/mol. The summed E-state index contributed by atoms with van der Waals surface area (Å²) in [6.45, 7) is 11.4. The van der Waals surface area contributed by atoms with Gasteiger partial charge in [0.15, 0.2) is 0 Å². The standard InChI is InChI=1S/C21H33N3O6S.2C2H2O4/c1-4-29-20(26)17-15(3)18(21(27)30-5-2)31-19(17)23-16(25)7-9-22-8-6-10-24-11-13-28-14-12-24;2*3-1(4)2(5)6/h22H,4-14H2,1-3H3,(H,23,25);2*(H,3,4)(H,5,6). The molecule has 1 aliphatic rings. The summed E-state index contributed by atoms with van der Waals surface area (Å²) >= 11 is 1.04. The molecule has 1 fully saturated rings. The van der Waals surface area contributed by atoms with Gasteiger partial charge >= 0.3 is 35.8 Å². The molecular weight excluding hydrogens is 598 g/mol. The molecular formula is C25H37N3O14S. The summed E-state index contributed by atoms with van der Waals surface area (Å²) in [6, 6.07) is 0. The highest BCUT2D eigenvalue weighted by molar-refractivity contribution is 7.18. The van der Waals surface area contributed by atoms with E-state index in [1.807, 2.05) is 0 Å². The number of aliphatic carboxylic acids is 4. The Kier molecular flexibility index (Phi) is 19.5. The van der Waals surface area contributed by atoms with Gasteiger partial charge in [-0.2, -0.15) is 0 Å². The summed E-state index contributed by atoms with van der Waals surface area (Å²) in [4.78, 5) is 76.0. The van der Waals surface area contributed by atoms with Crippen LogP contribution in [0.25, 0.3) is 0 Å². The fraction of sp³-hybridized carbons (Fsp3) is 0.560. The van der Waals surface area contributed by atoms with Gasteiger partial charge in [-0.15, -0.1) is 11.3 Å². The molecule has 1 aliphatic heterocycles. The number of hydrogen-bond acceptors (Lipinski definition) is 13. The quantitative estimate of drug-likeness (QED) is 0.103. The second-order valence-electron chi connectivity index (χ2n) is 8.28. The molecule has 1 aromatic rings. The third kappa shape index (κ3) is 16.2. The number of esters is 2. The third-order valence-corrected chi connectivity index (χ3v) is 6.35. The maximum Gasteiger partial charge on any atom is 0.414 e. The summed E-state index contributed by atoms with van der Waals surface area (Å²) in [5.74, 6) is -8.61. The van der Waals surface area contributed by atoms with Crippen LogP contribution in [-0.4, -0.2) is 126 Å². The molecule has 0 unspecified atom stereocenters. The van der Waals surface area contributed by atoms with E-state index >= 15 is 0 Å². The first kappa shape index (κ1) is 38.9. The third-order valence-electron chi connectivity index (χ3n) is 5.17. The highest BCUT2D eigenvalue weighted by Gasteiger charge is 2.27. The minimum absolute atomic E-state index is 0.199. The molecule has 1 aromatic heterocycles. The topological polar surface area (TPSA) is 255 Å². The number of amides is 1. The lowest BCUT2D eigenvalue weighted by molar-refractivity contribution is -0.159. The minimum Gasteiger partial charge on any atom is -0.473 e. The first-order valence-electron chi connectivity index (χ1n) is 13.0. The van der Waals surface area contributed by atoms with E-state index in [9.17, 15) is 14.4 Å². The van der Waals surface area contributed by atoms with Crippen LogP contribution in [0.4, 0.5) is 5.00 Å². The molecule has 1 amide bonds. The number of carbonyl (C=O) groups is 7. The van der Waals surface area contributed by atoms with Crippen LogP contribution in [0, 0.1) is 6.92 Å². The van der Waals surface area contributed by atoms with Crippen molar-refractivity contribution < 1.29 is 68.2 Å². The number of hydrogen-bond donors (Lipinski definition) is 6. The molecule has 18 heteroatoms. The van der Waals surface area contributed by atoms with Gasteiger partial charge in [-0.1, -0.05) is 0 Å². The number of carboxylic acid groups (broad SMARTS) is 4. The van der Waals surface area contributed by atoms with Crippen molar-refractivity contribution in [2.75, 3.05) is 64.5 Å². The Morgan fingerprint density at radius 3 is 1.84 bits per heavy atom. The lowest BCUT2D eigenvalue weighted by Gasteiger charge is -2.26. The molecule has 0 spiro atoms. The van der Waals surface area contributed by atoms with Crippen molar-refractivity contribution in [2.24, 2.45) is 0 Å². The zero-order valence-electron chi connectivity index (χ0n) is 24.0. The molecule has 17 nitrogen and oxygen atoms in total. The predicted molar refractivity (Wildman–Crippen MR) is 150 cm³/mol. The van der Waals surface area contributed by atoms with E-state index in [4.69, 9.17) is 53.8 Å².